The molecule has 0 aliphatic carbocycles. The fourth-order valence-electron chi connectivity index (χ4n) is 2.53. The van der Waals surface area contributed by atoms with Crippen LogP contribution in [-0.4, -0.2) is 51.1 Å². The van der Waals surface area contributed by atoms with Gasteiger partial charge in [-0.25, -0.2) is 0 Å². The van der Waals surface area contributed by atoms with Crippen LogP contribution in [0.15, 0.2) is 18.2 Å². The molecule has 1 heterocycles. The number of rotatable bonds is 4. The monoisotopic (exact) mass is 266 g/mol. The molecule has 0 radical (unpaired) electrons. The van der Waals surface area contributed by atoms with Crippen molar-refractivity contribution < 1.29 is 14.6 Å². The summed E-state index contributed by atoms with van der Waals surface area (Å²) in [6.07, 6.45) is 0. The van der Waals surface area contributed by atoms with Crippen LogP contribution in [0.25, 0.3) is 0 Å². The summed E-state index contributed by atoms with van der Waals surface area (Å²) in [6.45, 7) is 3.87. The van der Waals surface area contributed by atoms with Crippen molar-refractivity contribution in [2.75, 3.05) is 38.8 Å². The van der Waals surface area contributed by atoms with E-state index in [4.69, 9.17) is 9.47 Å². The predicted octanol–water partition coefficient (Wildman–Crippen LogP) is 0.863. The molecule has 1 aliphatic rings. The van der Waals surface area contributed by atoms with Crippen LogP contribution in [0.1, 0.15) is 6.92 Å². The van der Waals surface area contributed by atoms with Crippen LogP contribution in [-0.2, 0) is 0 Å². The molecule has 2 atom stereocenters. The minimum absolute atomic E-state index is 0.0830. The molecule has 5 heteroatoms. The number of aliphatic hydroxyl groups is 1. The summed E-state index contributed by atoms with van der Waals surface area (Å²) < 4.78 is 10.7. The van der Waals surface area contributed by atoms with Crippen LogP contribution in [0.4, 0.5) is 5.69 Å². The molecule has 1 saturated heterocycles. The number of hydrogen-bond acceptors (Lipinski definition) is 5. The minimum Gasteiger partial charge on any atom is -0.497 e. The summed E-state index contributed by atoms with van der Waals surface area (Å²) in [5.74, 6) is 1.63. The van der Waals surface area contributed by atoms with Gasteiger partial charge in [-0.05, 0) is 19.1 Å². The highest BCUT2D eigenvalue weighted by atomic mass is 16.5. The van der Waals surface area contributed by atoms with Gasteiger partial charge in [0.25, 0.3) is 0 Å². The molecule has 1 fully saturated rings. The van der Waals surface area contributed by atoms with E-state index in [1.165, 1.54) is 0 Å². The molecule has 5 nitrogen and oxygen atoms in total. The van der Waals surface area contributed by atoms with E-state index in [-0.39, 0.29) is 12.6 Å². The maximum atomic E-state index is 9.36. The van der Waals surface area contributed by atoms with Crippen molar-refractivity contribution in [1.29, 1.82) is 0 Å². The lowest BCUT2D eigenvalue weighted by molar-refractivity contribution is 0.221. The Morgan fingerprint density at radius 2 is 2.11 bits per heavy atom. The number of piperazine rings is 1. The highest BCUT2D eigenvalue weighted by Crippen LogP contribution is 2.33. The molecule has 19 heavy (non-hydrogen) atoms. The van der Waals surface area contributed by atoms with E-state index in [0.29, 0.717) is 6.04 Å². The first-order valence-electron chi connectivity index (χ1n) is 6.51. The molecule has 1 aromatic carbocycles. The summed E-state index contributed by atoms with van der Waals surface area (Å²) in [4.78, 5) is 2.23. The second kappa shape index (κ2) is 6.12. The van der Waals surface area contributed by atoms with E-state index in [1.807, 2.05) is 18.2 Å². The molecule has 0 spiro atoms. The number of methoxy groups -OCH3 is 2. The lowest BCUT2D eigenvalue weighted by Crippen LogP contribution is -2.57. The Bertz CT molecular complexity index is 425. The topological polar surface area (TPSA) is 54.0 Å². The summed E-state index contributed by atoms with van der Waals surface area (Å²) in [7, 11) is 3.32. The van der Waals surface area contributed by atoms with Gasteiger partial charge in [0.1, 0.15) is 11.5 Å². The Morgan fingerprint density at radius 1 is 1.32 bits per heavy atom. The summed E-state index contributed by atoms with van der Waals surface area (Å²) in [6, 6.07) is 6.18. The Kier molecular flexibility index (Phi) is 4.50. The number of benzene rings is 1. The minimum atomic E-state index is 0.0830. The van der Waals surface area contributed by atoms with Crippen molar-refractivity contribution in [3.63, 3.8) is 0 Å². The first-order valence-corrected chi connectivity index (χ1v) is 6.51. The van der Waals surface area contributed by atoms with E-state index < -0.39 is 0 Å². The average molecular weight is 266 g/mol. The third-order valence-electron chi connectivity index (χ3n) is 3.40. The quantitative estimate of drug-likeness (QED) is 0.846. The van der Waals surface area contributed by atoms with Gasteiger partial charge in [0.05, 0.1) is 26.5 Å². The maximum Gasteiger partial charge on any atom is 0.142 e. The van der Waals surface area contributed by atoms with E-state index in [9.17, 15) is 5.11 Å². The van der Waals surface area contributed by atoms with Crippen molar-refractivity contribution in [3.05, 3.63) is 18.2 Å². The number of ether oxygens (including phenoxy) is 2. The number of nitrogens with zero attached hydrogens (tertiary/aromatic N) is 1. The average Bonchev–Trinajstić information content (AvgIpc) is 2.45. The summed E-state index contributed by atoms with van der Waals surface area (Å²) >= 11 is 0. The largest absolute Gasteiger partial charge is 0.497 e. The zero-order valence-corrected chi connectivity index (χ0v) is 11.7. The lowest BCUT2D eigenvalue weighted by Gasteiger charge is -2.38. The molecule has 0 saturated carbocycles. The zero-order valence-electron chi connectivity index (χ0n) is 11.7. The number of nitrogens with one attached hydrogen (secondary N) is 1. The first-order chi connectivity index (χ1) is 9.17. The third-order valence-corrected chi connectivity index (χ3v) is 3.40. The SMILES string of the molecule is COc1ccc(OC)c(N2CC(C)NC(CO)C2)c1. The molecule has 0 aromatic heterocycles. The van der Waals surface area contributed by atoms with Crippen molar-refractivity contribution in [1.82, 2.24) is 5.32 Å². The molecule has 1 aromatic rings. The molecular weight excluding hydrogens is 244 g/mol. The van der Waals surface area contributed by atoms with Crippen LogP contribution < -0.4 is 19.7 Å². The van der Waals surface area contributed by atoms with E-state index in [0.717, 1.165) is 30.3 Å². The second-order valence-electron chi connectivity index (χ2n) is 4.89. The van der Waals surface area contributed by atoms with Crippen molar-refractivity contribution >= 4 is 5.69 Å². The maximum absolute atomic E-state index is 9.36. The van der Waals surface area contributed by atoms with Crippen LogP contribution in [0.3, 0.4) is 0 Å². The van der Waals surface area contributed by atoms with Crippen molar-refractivity contribution in [2.24, 2.45) is 0 Å². The zero-order chi connectivity index (χ0) is 13.8. The van der Waals surface area contributed by atoms with Crippen molar-refractivity contribution in [2.45, 2.75) is 19.0 Å². The van der Waals surface area contributed by atoms with E-state index in [1.54, 1.807) is 14.2 Å². The summed E-state index contributed by atoms with van der Waals surface area (Å²) in [5, 5.41) is 12.7. The number of aliphatic hydroxyl groups excluding tert-OH is 1. The first kappa shape index (κ1) is 14.0. The van der Waals surface area contributed by atoms with Crippen LogP contribution in [0.2, 0.25) is 0 Å². The fourth-order valence-corrected chi connectivity index (χ4v) is 2.53. The smallest absolute Gasteiger partial charge is 0.142 e. The van der Waals surface area contributed by atoms with Gasteiger partial charge < -0.3 is 24.8 Å². The van der Waals surface area contributed by atoms with Gasteiger partial charge in [0.2, 0.25) is 0 Å². The second-order valence-corrected chi connectivity index (χ2v) is 4.89. The van der Waals surface area contributed by atoms with Gasteiger partial charge in [0, 0.05) is 31.2 Å². The van der Waals surface area contributed by atoms with E-state index >= 15 is 0 Å². The highest BCUT2D eigenvalue weighted by molar-refractivity contribution is 5.62. The Morgan fingerprint density at radius 3 is 2.74 bits per heavy atom. The molecule has 106 valence electrons. The number of anilines is 1. The molecule has 1 aliphatic heterocycles. The van der Waals surface area contributed by atoms with Crippen molar-refractivity contribution in [3.8, 4) is 11.5 Å². The van der Waals surface area contributed by atoms with Crippen LogP contribution in [0.5, 0.6) is 11.5 Å². The van der Waals surface area contributed by atoms with Crippen LogP contribution in [0, 0.1) is 0 Å². The molecule has 0 amide bonds. The van der Waals surface area contributed by atoms with Gasteiger partial charge in [-0.15, -0.1) is 0 Å². The third kappa shape index (κ3) is 3.11. The van der Waals surface area contributed by atoms with Gasteiger partial charge in [-0.2, -0.15) is 0 Å². The Balaban J connectivity index is 2.28. The molecule has 2 unspecified atom stereocenters. The van der Waals surface area contributed by atoms with Crippen LogP contribution >= 0.6 is 0 Å². The molecule has 2 N–H and O–H groups in total. The number of hydrogen-bond donors (Lipinski definition) is 2. The molecule has 2 rings (SSSR count). The fraction of sp³-hybridized carbons (Fsp3) is 0.571. The van der Waals surface area contributed by atoms with Gasteiger partial charge in [-0.3, -0.25) is 0 Å². The van der Waals surface area contributed by atoms with Gasteiger partial charge in [0.15, 0.2) is 0 Å². The van der Waals surface area contributed by atoms with E-state index in [2.05, 4.69) is 17.1 Å². The van der Waals surface area contributed by atoms with Gasteiger partial charge in [-0.1, -0.05) is 0 Å². The Hall–Kier alpha value is -1.46. The highest BCUT2D eigenvalue weighted by Gasteiger charge is 2.25. The predicted molar refractivity (Wildman–Crippen MR) is 75.2 cm³/mol. The lowest BCUT2D eigenvalue weighted by atomic mass is 10.1. The van der Waals surface area contributed by atoms with Gasteiger partial charge >= 0.3 is 0 Å². The standard InChI is InChI=1S/C14H22N2O3/c1-10-7-16(8-11(9-17)15-10)13-6-12(18-2)4-5-14(13)19-3/h4-6,10-11,15,17H,7-9H2,1-3H3. The summed E-state index contributed by atoms with van der Waals surface area (Å²) in [5.41, 5.74) is 1.01. The molecular formula is C14H22N2O3. The molecule has 0 bridgehead atoms. The Labute approximate surface area is 114 Å². The normalized spacial score (nSPS) is 23.3.